The van der Waals surface area contributed by atoms with Crippen LogP contribution in [0.1, 0.15) is 29.6 Å². The number of piperidine rings is 1. The number of esters is 1. The number of aromatic hydroxyl groups is 1. The zero-order valence-corrected chi connectivity index (χ0v) is 15.4. The van der Waals surface area contributed by atoms with Crippen LogP contribution in [-0.2, 0) is 0 Å². The summed E-state index contributed by atoms with van der Waals surface area (Å²) in [4.78, 5) is 19.5. The van der Waals surface area contributed by atoms with E-state index in [9.17, 15) is 9.90 Å². The average molecular weight is 383 g/mol. The second-order valence-electron chi connectivity index (χ2n) is 6.59. The minimum absolute atomic E-state index is 0.0838. The van der Waals surface area contributed by atoms with Gasteiger partial charge in [-0.2, -0.15) is 0 Å². The standard InChI is InChI=1S/C21H19ClN2O3/c22-16-9-8-14-12-15(24-10-4-1-5-11-24)13-23-20(14)19(16)21(26)27-18-7-3-2-6-17(18)25/h2-3,6-9,12-13,25H,1,4-5,10-11H2. The van der Waals surface area contributed by atoms with Crippen LogP contribution in [0.5, 0.6) is 11.5 Å². The molecule has 3 aromatic rings. The highest BCUT2D eigenvalue weighted by Gasteiger charge is 2.20. The number of halogens is 1. The number of anilines is 1. The quantitative estimate of drug-likeness (QED) is 0.520. The SMILES string of the molecule is O=C(Oc1ccccc1O)c1c(Cl)ccc2cc(N3CCCCC3)cnc12. The lowest BCUT2D eigenvalue weighted by molar-refractivity contribution is 0.0731. The smallest absolute Gasteiger partial charge is 0.347 e. The molecule has 0 radical (unpaired) electrons. The summed E-state index contributed by atoms with van der Waals surface area (Å²) in [6, 6.07) is 11.9. The third kappa shape index (κ3) is 3.55. The largest absolute Gasteiger partial charge is 0.504 e. The zero-order valence-electron chi connectivity index (χ0n) is 14.7. The Hall–Kier alpha value is -2.79. The molecule has 1 aliphatic rings. The Morgan fingerprint density at radius 2 is 1.89 bits per heavy atom. The van der Waals surface area contributed by atoms with Gasteiger partial charge in [0, 0.05) is 18.5 Å². The number of rotatable bonds is 3. The maximum absolute atomic E-state index is 12.7. The number of carbonyl (C=O) groups excluding carboxylic acids is 1. The molecular weight excluding hydrogens is 364 g/mol. The highest BCUT2D eigenvalue weighted by molar-refractivity contribution is 6.35. The molecule has 1 N–H and O–H groups in total. The molecule has 0 atom stereocenters. The van der Waals surface area contributed by atoms with Crippen LogP contribution in [0.4, 0.5) is 5.69 Å². The van der Waals surface area contributed by atoms with Crippen molar-refractivity contribution in [2.75, 3.05) is 18.0 Å². The minimum atomic E-state index is -0.648. The molecule has 0 saturated carbocycles. The van der Waals surface area contributed by atoms with Gasteiger partial charge in [0.05, 0.1) is 22.4 Å². The molecule has 4 rings (SSSR count). The number of ether oxygens (including phenoxy) is 1. The highest BCUT2D eigenvalue weighted by atomic mass is 35.5. The molecular formula is C21H19ClN2O3. The fraction of sp³-hybridized carbons (Fsp3) is 0.238. The Morgan fingerprint density at radius 3 is 2.67 bits per heavy atom. The van der Waals surface area contributed by atoms with Crippen molar-refractivity contribution in [1.29, 1.82) is 0 Å². The normalized spacial score (nSPS) is 14.3. The van der Waals surface area contributed by atoms with E-state index in [4.69, 9.17) is 16.3 Å². The number of phenols is 1. The van der Waals surface area contributed by atoms with Crippen LogP contribution >= 0.6 is 11.6 Å². The lowest BCUT2D eigenvalue weighted by Gasteiger charge is -2.28. The Kier molecular flexibility index (Phi) is 4.86. The molecule has 1 aliphatic heterocycles. The van der Waals surface area contributed by atoms with Crippen molar-refractivity contribution in [1.82, 2.24) is 4.98 Å². The Morgan fingerprint density at radius 1 is 1.11 bits per heavy atom. The van der Waals surface area contributed by atoms with Gasteiger partial charge in [0.15, 0.2) is 11.5 Å². The van der Waals surface area contributed by atoms with Crippen molar-refractivity contribution in [3.05, 3.63) is 59.2 Å². The third-order valence-corrected chi connectivity index (χ3v) is 5.10. The number of aromatic nitrogens is 1. The molecule has 1 fully saturated rings. The molecule has 6 heteroatoms. The summed E-state index contributed by atoms with van der Waals surface area (Å²) in [7, 11) is 0. The maximum Gasteiger partial charge on any atom is 0.347 e. The van der Waals surface area contributed by atoms with Gasteiger partial charge in [0.25, 0.3) is 0 Å². The number of pyridine rings is 1. The first-order valence-corrected chi connectivity index (χ1v) is 9.34. The second-order valence-corrected chi connectivity index (χ2v) is 7.00. The van der Waals surface area contributed by atoms with E-state index in [-0.39, 0.29) is 22.1 Å². The Labute approximate surface area is 162 Å². The fourth-order valence-corrected chi connectivity index (χ4v) is 3.61. The van der Waals surface area contributed by atoms with Gasteiger partial charge in [0.2, 0.25) is 0 Å². The predicted molar refractivity (Wildman–Crippen MR) is 106 cm³/mol. The fourth-order valence-electron chi connectivity index (χ4n) is 3.38. The molecule has 1 saturated heterocycles. The second kappa shape index (κ2) is 7.45. The number of hydrogen-bond acceptors (Lipinski definition) is 5. The van der Waals surface area contributed by atoms with Crippen molar-refractivity contribution in [2.45, 2.75) is 19.3 Å². The van der Waals surface area contributed by atoms with Crippen LogP contribution in [0, 0.1) is 0 Å². The van der Waals surface area contributed by atoms with Crippen LogP contribution in [0.15, 0.2) is 48.7 Å². The summed E-state index contributed by atoms with van der Waals surface area (Å²) >= 11 is 6.28. The number of para-hydroxylation sites is 2. The van der Waals surface area contributed by atoms with Crippen molar-refractivity contribution in [3.8, 4) is 11.5 Å². The Balaban J connectivity index is 1.70. The molecule has 138 valence electrons. The van der Waals surface area contributed by atoms with Gasteiger partial charge in [-0.1, -0.05) is 29.8 Å². The molecule has 5 nitrogen and oxygen atoms in total. The first kappa shape index (κ1) is 17.6. The predicted octanol–water partition coefficient (Wildman–Crippen LogP) is 4.80. The maximum atomic E-state index is 12.7. The number of hydrogen-bond donors (Lipinski definition) is 1. The van der Waals surface area contributed by atoms with Crippen molar-refractivity contribution in [2.24, 2.45) is 0 Å². The first-order chi connectivity index (χ1) is 13.1. The van der Waals surface area contributed by atoms with Gasteiger partial charge in [-0.15, -0.1) is 0 Å². The monoisotopic (exact) mass is 382 g/mol. The van der Waals surface area contributed by atoms with E-state index in [0.717, 1.165) is 24.2 Å². The summed E-state index contributed by atoms with van der Waals surface area (Å²) in [5, 5.41) is 10.9. The number of carbonyl (C=O) groups is 1. The molecule has 27 heavy (non-hydrogen) atoms. The first-order valence-electron chi connectivity index (χ1n) is 8.97. The molecule has 2 heterocycles. The lowest BCUT2D eigenvalue weighted by atomic mass is 10.1. The van der Waals surface area contributed by atoms with Crippen molar-refractivity contribution < 1.29 is 14.6 Å². The van der Waals surface area contributed by atoms with E-state index in [1.807, 2.05) is 12.1 Å². The summed E-state index contributed by atoms with van der Waals surface area (Å²) < 4.78 is 5.34. The summed E-state index contributed by atoms with van der Waals surface area (Å²) in [5.74, 6) is -0.673. The lowest BCUT2D eigenvalue weighted by Crippen LogP contribution is -2.29. The van der Waals surface area contributed by atoms with Crippen LogP contribution in [0.25, 0.3) is 10.9 Å². The summed E-state index contributed by atoms with van der Waals surface area (Å²) in [6.45, 7) is 2.03. The zero-order chi connectivity index (χ0) is 18.8. The summed E-state index contributed by atoms with van der Waals surface area (Å²) in [5.41, 5.74) is 1.73. The average Bonchev–Trinajstić information content (AvgIpc) is 2.70. The van der Waals surface area contributed by atoms with Crippen molar-refractivity contribution >= 4 is 34.2 Å². The van der Waals surface area contributed by atoms with E-state index < -0.39 is 5.97 Å². The van der Waals surface area contributed by atoms with E-state index in [1.165, 1.54) is 31.4 Å². The van der Waals surface area contributed by atoms with Crippen LogP contribution in [0.2, 0.25) is 5.02 Å². The molecule has 0 bridgehead atoms. The van der Waals surface area contributed by atoms with Crippen LogP contribution in [-0.4, -0.2) is 29.1 Å². The summed E-state index contributed by atoms with van der Waals surface area (Å²) in [6.07, 6.45) is 5.39. The molecule has 0 amide bonds. The number of benzene rings is 2. The van der Waals surface area contributed by atoms with Crippen molar-refractivity contribution in [3.63, 3.8) is 0 Å². The van der Waals surface area contributed by atoms with E-state index in [0.29, 0.717) is 5.52 Å². The van der Waals surface area contributed by atoms with E-state index in [1.54, 1.807) is 24.4 Å². The topological polar surface area (TPSA) is 62.7 Å². The molecule has 0 spiro atoms. The number of fused-ring (bicyclic) bond motifs is 1. The van der Waals surface area contributed by atoms with Crippen LogP contribution in [0.3, 0.4) is 0 Å². The van der Waals surface area contributed by atoms with Gasteiger partial charge in [-0.25, -0.2) is 4.79 Å². The van der Waals surface area contributed by atoms with Gasteiger partial charge in [-0.3, -0.25) is 4.98 Å². The van der Waals surface area contributed by atoms with E-state index in [2.05, 4.69) is 9.88 Å². The minimum Gasteiger partial charge on any atom is -0.504 e. The third-order valence-electron chi connectivity index (χ3n) is 4.78. The van der Waals surface area contributed by atoms with E-state index >= 15 is 0 Å². The highest BCUT2D eigenvalue weighted by Crippen LogP contribution is 2.31. The Bertz CT molecular complexity index is 1000. The van der Waals surface area contributed by atoms with Gasteiger partial charge < -0.3 is 14.7 Å². The van der Waals surface area contributed by atoms with Gasteiger partial charge in [0.1, 0.15) is 5.56 Å². The molecule has 2 aromatic carbocycles. The molecule has 0 aliphatic carbocycles. The molecule has 1 aromatic heterocycles. The van der Waals surface area contributed by atoms with Gasteiger partial charge in [-0.05, 0) is 43.5 Å². The number of phenolic OH excluding ortho intramolecular Hbond substituents is 1. The number of nitrogens with zero attached hydrogens (tertiary/aromatic N) is 2. The molecule has 0 unspecified atom stereocenters. The van der Waals surface area contributed by atoms with Gasteiger partial charge >= 0.3 is 5.97 Å². The van der Waals surface area contributed by atoms with Crippen LogP contribution < -0.4 is 9.64 Å².